The highest BCUT2D eigenvalue weighted by molar-refractivity contribution is 6.37. The number of anilines is 1. The van der Waals surface area contributed by atoms with Crippen LogP contribution in [0.5, 0.6) is 5.75 Å². The van der Waals surface area contributed by atoms with Crippen molar-refractivity contribution in [3.8, 4) is 5.75 Å². The Bertz CT molecular complexity index is 928. The summed E-state index contributed by atoms with van der Waals surface area (Å²) >= 11 is 6.25. The molecule has 0 unspecified atom stereocenters. The molecule has 3 nitrogen and oxygen atoms in total. The normalized spacial score (nSPS) is 19.2. The topological polar surface area (TPSA) is 38.3 Å². The molecule has 4 rings (SSSR count). The first-order chi connectivity index (χ1) is 11.8. The first kappa shape index (κ1) is 16.2. The van der Waals surface area contributed by atoms with E-state index in [9.17, 15) is 4.79 Å². The monoisotopic (exact) mass is 353 g/mol. The van der Waals surface area contributed by atoms with Gasteiger partial charge in [-0.05, 0) is 80.6 Å². The predicted molar refractivity (Wildman–Crippen MR) is 102 cm³/mol. The Morgan fingerprint density at radius 3 is 2.84 bits per heavy atom. The fourth-order valence-corrected chi connectivity index (χ4v) is 3.67. The summed E-state index contributed by atoms with van der Waals surface area (Å²) in [6.07, 6.45) is 3.90. The van der Waals surface area contributed by atoms with Gasteiger partial charge in [-0.25, -0.2) is 0 Å². The van der Waals surface area contributed by atoms with Gasteiger partial charge in [-0.15, -0.1) is 0 Å². The van der Waals surface area contributed by atoms with E-state index >= 15 is 0 Å². The van der Waals surface area contributed by atoms with E-state index < -0.39 is 0 Å². The Labute approximate surface area is 152 Å². The van der Waals surface area contributed by atoms with Gasteiger partial charge in [-0.2, -0.15) is 0 Å². The lowest BCUT2D eigenvalue weighted by Crippen LogP contribution is -2.32. The molecule has 0 aliphatic carbocycles. The largest absolute Gasteiger partial charge is 0.488 e. The zero-order valence-electron chi connectivity index (χ0n) is 14.6. The van der Waals surface area contributed by atoms with Gasteiger partial charge in [0.25, 0.3) is 5.91 Å². The van der Waals surface area contributed by atoms with Crippen LogP contribution >= 0.6 is 11.6 Å². The van der Waals surface area contributed by atoms with E-state index in [0.29, 0.717) is 10.6 Å². The molecule has 0 atom stereocenters. The van der Waals surface area contributed by atoms with Crippen molar-refractivity contribution < 1.29 is 9.53 Å². The molecule has 2 aliphatic heterocycles. The number of benzene rings is 2. The molecule has 0 saturated carbocycles. The maximum Gasteiger partial charge on any atom is 0.256 e. The van der Waals surface area contributed by atoms with Crippen LogP contribution in [-0.4, -0.2) is 11.5 Å². The van der Waals surface area contributed by atoms with E-state index in [1.165, 1.54) is 5.56 Å². The van der Waals surface area contributed by atoms with Gasteiger partial charge in [0.2, 0.25) is 0 Å². The van der Waals surface area contributed by atoms with Gasteiger partial charge in [0.1, 0.15) is 11.4 Å². The molecule has 128 valence electrons. The highest BCUT2D eigenvalue weighted by atomic mass is 35.5. The second-order valence-electron chi connectivity index (χ2n) is 7.34. The molecule has 0 bridgehead atoms. The lowest BCUT2D eigenvalue weighted by atomic mass is 9.92. The van der Waals surface area contributed by atoms with Crippen molar-refractivity contribution in [1.82, 2.24) is 0 Å². The van der Waals surface area contributed by atoms with Gasteiger partial charge in [-0.1, -0.05) is 17.7 Å². The lowest BCUT2D eigenvalue weighted by molar-refractivity contribution is -0.110. The summed E-state index contributed by atoms with van der Waals surface area (Å²) in [5.74, 6) is 0.851. The number of fused-ring (bicyclic) bond motifs is 2. The zero-order valence-corrected chi connectivity index (χ0v) is 15.3. The summed E-state index contributed by atoms with van der Waals surface area (Å²) in [6, 6.07) is 9.78. The van der Waals surface area contributed by atoms with Crippen molar-refractivity contribution in [3.63, 3.8) is 0 Å². The summed E-state index contributed by atoms with van der Waals surface area (Å²) in [7, 11) is 0. The number of halogens is 1. The van der Waals surface area contributed by atoms with Crippen LogP contribution in [-0.2, 0) is 11.2 Å². The standard InChI is InChI=1S/C21H20ClNO2/c1-12-16(22)5-6-17-19(12)15(20(24)23-17)11-13-4-7-18-14(10-13)8-9-21(2,3)25-18/h4-7,10-11H,8-9H2,1-3H3,(H,23,24). The summed E-state index contributed by atoms with van der Waals surface area (Å²) in [5, 5.41) is 3.59. The Balaban J connectivity index is 1.76. The molecule has 1 amide bonds. The van der Waals surface area contributed by atoms with Crippen molar-refractivity contribution in [2.24, 2.45) is 0 Å². The average molecular weight is 354 g/mol. The first-order valence-electron chi connectivity index (χ1n) is 8.48. The molecular weight excluding hydrogens is 334 g/mol. The number of rotatable bonds is 1. The van der Waals surface area contributed by atoms with Gasteiger partial charge in [0.15, 0.2) is 0 Å². The van der Waals surface area contributed by atoms with E-state index in [0.717, 1.165) is 41.0 Å². The fraction of sp³-hybridized carbons (Fsp3) is 0.286. The van der Waals surface area contributed by atoms with E-state index in [4.69, 9.17) is 16.3 Å². The summed E-state index contributed by atoms with van der Waals surface area (Å²) in [6.45, 7) is 6.16. The highest BCUT2D eigenvalue weighted by Gasteiger charge is 2.28. The Kier molecular flexibility index (Phi) is 3.66. The van der Waals surface area contributed by atoms with E-state index in [2.05, 4.69) is 25.2 Å². The first-order valence-corrected chi connectivity index (χ1v) is 8.86. The van der Waals surface area contributed by atoms with Crippen LogP contribution in [0.2, 0.25) is 5.02 Å². The van der Waals surface area contributed by atoms with Crippen LogP contribution < -0.4 is 10.1 Å². The molecule has 0 radical (unpaired) electrons. The smallest absolute Gasteiger partial charge is 0.256 e. The number of carbonyl (C=O) groups is 1. The number of aryl methyl sites for hydroxylation is 1. The van der Waals surface area contributed by atoms with Gasteiger partial charge >= 0.3 is 0 Å². The lowest BCUT2D eigenvalue weighted by Gasteiger charge is -2.32. The number of hydrogen-bond acceptors (Lipinski definition) is 2. The van der Waals surface area contributed by atoms with Gasteiger partial charge in [0.05, 0.1) is 0 Å². The highest BCUT2D eigenvalue weighted by Crippen LogP contribution is 2.39. The van der Waals surface area contributed by atoms with Crippen LogP contribution in [0.15, 0.2) is 30.3 Å². The molecule has 0 saturated heterocycles. The van der Waals surface area contributed by atoms with Crippen LogP contribution in [0.3, 0.4) is 0 Å². The molecule has 2 aromatic rings. The van der Waals surface area contributed by atoms with E-state index in [-0.39, 0.29) is 11.5 Å². The van der Waals surface area contributed by atoms with Crippen LogP contribution in [0, 0.1) is 6.92 Å². The quantitative estimate of drug-likeness (QED) is 0.711. The molecule has 0 spiro atoms. The maximum atomic E-state index is 12.4. The van der Waals surface area contributed by atoms with Crippen molar-refractivity contribution in [3.05, 3.63) is 57.6 Å². The van der Waals surface area contributed by atoms with Gasteiger partial charge in [-0.3, -0.25) is 4.79 Å². The summed E-state index contributed by atoms with van der Waals surface area (Å²) in [5.41, 5.74) is 5.37. The summed E-state index contributed by atoms with van der Waals surface area (Å²) in [4.78, 5) is 12.4. The Hall–Kier alpha value is -2.26. The number of carbonyl (C=O) groups excluding carboxylic acids is 1. The molecule has 2 aliphatic rings. The molecule has 1 N–H and O–H groups in total. The van der Waals surface area contributed by atoms with Gasteiger partial charge < -0.3 is 10.1 Å². The third kappa shape index (κ3) is 2.83. The third-order valence-corrected chi connectivity index (χ3v) is 5.35. The number of ether oxygens (including phenoxy) is 1. The molecule has 4 heteroatoms. The minimum Gasteiger partial charge on any atom is -0.488 e. The average Bonchev–Trinajstić information content (AvgIpc) is 2.87. The predicted octanol–water partition coefficient (Wildman–Crippen LogP) is 5.24. The minimum absolute atomic E-state index is 0.0875. The SMILES string of the molecule is Cc1c(Cl)ccc2c1C(=Cc1ccc3c(c1)CCC(C)(C)O3)C(=O)N2. The fourth-order valence-electron chi connectivity index (χ4n) is 3.51. The molecule has 2 heterocycles. The van der Waals surface area contributed by atoms with Crippen LogP contribution in [0.4, 0.5) is 5.69 Å². The number of nitrogens with one attached hydrogen (secondary N) is 1. The molecule has 0 aromatic heterocycles. The van der Waals surface area contributed by atoms with Crippen LogP contribution in [0.1, 0.15) is 42.5 Å². The summed E-state index contributed by atoms with van der Waals surface area (Å²) < 4.78 is 6.04. The molecule has 0 fully saturated rings. The van der Waals surface area contributed by atoms with Crippen molar-refractivity contribution in [1.29, 1.82) is 0 Å². The van der Waals surface area contributed by atoms with E-state index in [1.54, 1.807) is 0 Å². The molecular formula is C21H20ClNO2. The van der Waals surface area contributed by atoms with Crippen LogP contribution in [0.25, 0.3) is 11.6 Å². The second kappa shape index (κ2) is 5.63. The van der Waals surface area contributed by atoms with Crippen molar-refractivity contribution in [2.75, 3.05) is 5.32 Å². The number of amides is 1. The van der Waals surface area contributed by atoms with E-state index in [1.807, 2.05) is 37.3 Å². The Morgan fingerprint density at radius 1 is 1.24 bits per heavy atom. The van der Waals surface area contributed by atoms with Crippen molar-refractivity contribution in [2.45, 2.75) is 39.2 Å². The molecule has 25 heavy (non-hydrogen) atoms. The number of hydrogen-bond donors (Lipinski definition) is 1. The maximum absolute atomic E-state index is 12.4. The zero-order chi connectivity index (χ0) is 17.8. The minimum atomic E-state index is -0.120. The second-order valence-corrected chi connectivity index (χ2v) is 7.74. The van der Waals surface area contributed by atoms with Gasteiger partial charge in [0, 0.05) is 21.8 Å². The third-order valence-electron chi connectivity index (χ3n) is 4.94. The molecule has 2 aromatic carbocycles. The Morgan fingerprint density at radius 2 is 2.04 bits per heavy atom. The van der Waals surface area contributed by atoms with Crippen molar-refractivity contribution >= 4 is 34.8 Å².